The number of anilines is 1. The lowest BCUT2D eigenvalue weighted by Gasteiger charge is -2.08. The molecule has 2 aromatic carbocycles. The third-order valence-corrected chi connectivity index (χ3v) is 4.94. The highest BCUT2D eigenvalue weighted by atomic mass is 32.2. The summed E-state index contributed by atoms with van der Waals surface area (Å²) < 4.78 is 23.1. The van der Waals surface area contributed by atoms with Crippen LogP contribution in [0.2, 0.25) is 0 Å². The van der Waals surface area contributed by atoms with Gasteiger partial charge in [-0.25, -0.2) is 13.4 Å². The van der Waals surface area contributed by atoms with Crippen LogP contribution in [0.3, 0.4) is 0 Å². The molecular weight excluding hydrogens is 334 g/mol. The van der Waals surface area contributed by atoms with E-state index in [1.807, 2.05) is 0 Å². The van der Waals surface area contributed by atoms with Gasteiger partial charge in [0.25, 0.3) is 0 Å². The van der Waals surface area contributed by atoms with Crippen molar-refractivity contribution in [3.63, 3.8) is 0 Å². The number of nitrogens with zero attached hydrogens (tertiary/aromatic N) is 2. The Hall–Kier alpha value is -2.73. The van der Waals surface area contributed by atoms with Gasteiger partial charge in [-0.2, -0.15) is 0 Å². The minimum absolute atomic E-state index is 0.290. The van der Waals surface area contributed by atoms with Crippen molar-refractivity contribution < 1.29 is 8.42 Å². The van der Waals surface area contributed by atoms with Crippen molar-refractivity contribution in [3.05, 3.63) is 72.1 Å². The normalized spacial score (nSPS) is 11.3. The molecule has 0 bridgehead atoms. The second kappa shape index (κ2) is 7.03. The molecule has 5 nitrogen and oxygen atoms in total. The Labute approximate surface area is 147 Å². The summed E-state index contributed by atoms with van der Waals surface area (Å²) in [7, 11) is -3.20. The second-order valence-electron chi connectivity index (χ2n) is 5.93. The van der Waals surface area contributed by atoms with Gasteiger partial charge >= 0.3 is 0 Å². The summed E-state index contributed by atoms with van der Waals surface area (Å²) in [5.41, 5.74) is 3.89. The summed E-state index contributed by atoms with van der Waals surface area (Å²) in [5.74, 6) is 0.672. The SMILES string of the molecule is Cc1ccc(CNc2cncc(-c3ccc(S(C)(=O)=O)cc3)n2)cc1. The third-order valence-electron chi connectivity index (χ3n) is 3.81. The van der Waals surface area contributed by atoms with Gasteiger partial charge in [0.2, 0.25) is 0 Å². The van der Waals surface area contributed by atoms with Crippen LogP contribution in [0.25, 0.3) is 11.3 Å². The third kappa shape index (κ3) is 4.42. The van der Waals surface area contributed by atoms with Gasteiger partial charge in [0, 0.05) is 18.4 Å². The number of aromatic nitrogens is 2. The van der Waals surface area contributed by atoms with Gasteiger partial charge in [-0.05, 0) is 24.6 Å². The highest BCUT2D eigenvalue weighted by Crippen LogP contribution is 2.20. The molecule has 0 aliphatic carbocycles. The maximum Gasteiger partial charge on any atom is 0.175 e. The first kappa shape index (κ1) is 17.1. The molecule has 1 N–H and O–H groups in total. The van der Waals surface area contributed by atoms with Crippen LogP contribution in [0, 0.1) is 6.92 Å². The van der Waals surface area contributed by atoms with Gasteiger partial charge in [0.05, 0.1) is 23.0 Å². The zero-order valence-corrected chi connectivity index (χ0v) is 14.9. The van der Waals surface area contributed by atoms with Crippen LogP contribution in [-0.2, 0) is 16.4 Å². The summed E-state index contributed by atoms with van der Waals surface area (Å²) in [4.78, 5) is 9.05. The molecule has 1 heterocycles. The van der Waals surface area contributed by atoms with Crippen LogP contribution < -0.4 is 5.32 Å². The standard InChI is InChI=1S/C19H19N3O2S/c1-14-3-5-15(6-4-14)11-21-19-13-20-12-18(22-19)16-7-9-17(10-8-16)25(2,23)24/h3-10,12-13H,11H2,1-2H3,(H,21,22). The van der Waals surface area contributed by atoms with Crippen molar-refractivity contribution in [1.29, 1.82) is 0 Å². The molecule has 0 saturated heterocycles. The largest absolute Gasteiger partial charge is 0.365 e. The molecule has 0 spiro atoms. The lowest BCUT2D eigenvalue weighted by molar-refractivity contribution is 0.602. The number of hydrogen-bond acceptors (Lipinski definition) is 5. The van der Waals surface area contributed by atoms with Crippen molar-refractivity contribution in [3.8, 4) is 11.3 Å². The molecule has 0 saturated carbocycles. The minimum Gasteiger partial charge on any atom is -0.365 e. The van der Waals surface area contributed by atoms with Crippen LogP contribution >= 0.6 is 0 Å². The van der Waals surface area contributed by atoms with E-state index >= 15 is 0 Å². The first-order valence-electron chi connectivity index (χ1n) is 7.84. The van der Waals surface area contributed by atoms with Gasteiger partial charge in [0.15, 0.2) is 9.84 Å². The summed E-state index contributed by atoms with van der Waals surface area (Å²) in [6.07, 6.45) is 4.52. The Balaban J connectivity index is 1.76. The Morgan fingerprint density at radius 2 is 1.64 bits per heavy atom. The fourth-order valence-electron chi connectivity index (χ4n) is 2.36. The predicted octanol–water partition coefficient (Wildman–Crippen LogP) is 3.47. The van der Waals surface area contributed by atoms with E-state index in [0.717, 1.165) is 11.1 Å². The summed E-state index contributed by atoms with van der Waals surface area (Å²) in [6.45, 7) is 2.71. The van der Waals surface area contributed by atoms with E-state index < -0.39 is 9.84 Å². The molecule has 0 radical (unpaired) electrons. The summed E-state index contributed by atoms with van der Waals surface area (Å²) in [6, 6.07) is 14.9. The molecule has 1 aromatic heterocycles. The maximum atomic E-state index is 11.5. The molecule has 3 aromatic rings. The fraction of sp³-hybridized carbons (Fsp3) is 0.158. The molecule has 3 rings (SSSR count). The average Bonchev–Trinajstić information content (AvgIpc) is 2.61. The van der Waals surface area contributed by atoms with Gasteiger partial charge in [-0.1, -0.05) is 42.0 Å². The molecule has 0 fully saturated rings. The molecule has 0 unspecified atom stereocenters. The van der Waals surface area contributed by atoms with E-state index in [2.05, 4.69) is 46.5 Å². The highest BCUT2D eigenvalue weighted by molar-refractivity contribution is 7.90. The Morgan fingerprint density at radius 3 is 2.28 bits per heavy atom. The Kier molecular flexibility index (Phi) is 4.81. The first-order valence-corrected chi connectivity index (χ1v) is 9.73. The van der Waals surface area contributed by atoms with Crippen LogP contribution in [0.15, 0.2) is 65.8 Å². The van der Waals surface area contributed by atoms with Crippen molar-refractivity contribution in [2.45, 2.75) is 18.4 Å². The van der Waals surface area contributed by atoms with E-state index in [1.54, 1.807) is 36.7 Å². The van der Waals surface area contributed by atoms with Gasteiger partial charge in [0.1, 0.15) is 5.82 Å². The minimum atomic E-state index is -3.20. The molecule has 128 valence electrons. The lowest BCUT2D eigenvalue weighted by Crippen LogP contribution is -2.02. The molecule has 0 aliphatic heterocycles. The first-order chi connectivity index (χ1) is 11.9. The fourth-order valence-corrected chi connectivity index (χ4v) is 2.99. The quantitative estimate of drug-likeness (QED) is 0.760. The van der Waals surface area contributed by atoms with Crippen LogP contribution in [0.1, 0.15) is 11.1 Å². The van der Waals surface area contributed by atoms with Gasteiger partial charge in [-0.3, -0.25) is 4.98 Å². The Bertz CT molecular complexity index is 966. The van der Waals surface area contributed by atoms with E-state index in [9.17, 15) is 8.42 Å². The maximum absolute atomic E-state index is 11.5. The second-order valence-corrected chi connectivity index (χ2v) is 7.94. The van der Waals surface area contributed by atoms with Crippen molar-refractivity contribution in [2.24, 2.45) is 0 Å². The monoisotopic (exact) mass is 353 g/mol. The number of hydrogen-bond donors (Lipinski definition) is 1. The molecule has 6 heteroatoms. The molecular formula is C19H19N3O2S. The highest BCUT2D eigenvalue weighted by Gasteiger charge is 2.08. The van der Waals surface area contributed by atoms with Crippen LogP contribution in [-0.4, -0.2) is 24.6 Å². The smallest absolute Gasteiger partial charge is 0.175 e. The van der Waals surface area contributed by atoms with Crippen molar-refractivity contribution in [1.82, 2.24) is 9.97 Å². The predicted molar refractivity (Wildman–Crippen MR) is 99.1 cm³/mol. The lowest BCUT2D eigenvalue weighted by atomic mass is 10.1. The number of nitrogens with one attached hydrogen (secondary N) is 1. The van der Waals surface area contributed by atoms with E-state index in [1.165, 1.54) is 11.8 Å². The number of sulfone groups is 1. The summed E-state index contributed by atoms with van der Waals surface area (Å²) >= 11 is 0. The average molecular weight is 353 g/mol. The van der Waals surface area contributed by atoms with Crippen LogP contribution in [0.5, 0.6) is 0 Å². The molecule has 0 aliphatic rings. The van der Waals surface area contributed by atoms with Crippen molar-refractivity contribution in [2.75, 3.05) is 11.6 Å². The Morgan fingerprint density at radius 1 is 0.960 bits per heavy atom. The van der Waals surface area contributed by atoms with Crippen molar-refractivity contribution >= 4 is 15.7 Å². The van der Waals surface area contributed by atoms with Gasteiger partial charge < -0.3 is 5.32 Å². The van der Waals surface area contributed by atoms with E-state index in [4.69, 9.17) is 0 Å². The zero-order chi connectivity index (χ0) is 17.9. The number of benzene rings is 2. The summed E-state index contributed by atoms with van der Waals surface area (Å²) in [5, 5.41) is 3.26. The van der Waals surface area contributed by atoms with Crippen LogP contribution in [0.4, 0.5) is 5.82 Å². The molecule has 0 amide bonds. The van der Waals surface area contributed by atoms with E-state index in [0.29, 0.717) is 18.1 Å². The number of rotatable bonds is 5. The molecule has 25 heavy (non-hydrogen) atoms. The number of aryl methyl sites for hydroxylation is 1. The molecule has 0 atom stereocenters. The van der Waals surface area contributed by atoms with Gasteiger partial charge in [-0.15, -0.1) is 0 Å². The topological polar surface area (TPSA) is 72.0 Å². The zero-order valence-electron chi connectivity index (χ0n) is 14.1. The van der Waals surface area contributed by atoms with E-state index in [-0.39, 0.29) is 4.90 Å².